The molecule has 2 N–H and O–H groups in total. The number of amides is 3. The van der Waals surface area contributed by atoms with E-state index in [1.54, 1.807) is 45.0 Å². The first-order valence-corrected chi connectivity index (χ1v) is 14.3. The van der Waals surface area contributed by atoms with Crippen molar-refractivity contribution in [3.05, 3.63) is 35.9 Å². The van der Waals surface area contributed by atoms with Gasteiger partial charge in [-0.15, -0.1) is 11.8 Å². The van der Waals surface area contributed by atoms with Crippen LogP contribution in [-0.2, 0) is 23.9 Å². The van der Waals surface area contributed by atoms with Gasteiger partial charge in [0.25, 0.3) is 0 Å². The highest BCUT2D eigenvalue weighted by molar-refractivity contribution is 8.01. The van der Waals surface area contributed by atoms with E-state index in [-0.39, 0.29) is 11.9 Å². The number of ether oxygens (including phenoxy) is 2. The maximum absolute atomic E-state index is 13.4. The molecule has 1 saturated carbocycles. The van der Waals surface area contributed by atoms with Gasteiger partial charge in [-0.25, -0.2) is 9.59 Å². The maximum Gasteiger partial charge on any atom is 0.408 e. The van der Waals surface area contributed by atoms with Crippen molar-refractivity contribution < 1.29 is 28.7 Å². The van der Waals surface area contributed by atoms with Crippen LogP contribution >= 0.6 is 11.8 Å². The van der Waals surface area contributed by atoms with Crippen molar-refractivity contribution in [2.24, 2.45) is 5.92 Å². The lowest BCUT2D eigenvalue weighted by Crippen LogP contribution is -2.71. The molecule has 3 amide bonds. The van der Waals surface area contributed by atoms with E-state index in [0.29, 0.717) is 18.1 Å². The molecule has 208 valence electrons. The van der Waals surface area contributed by atoms with E-state index < -0.39 is 45.8 Å². The molecule has 2 heterocycles. The van der Waals surface area contributed by atoms with Gasteiger partial charge in [-0.1, -0.05) is 49.6 Å². The summed E-state index contributed by atoms with van der Waals surface area (Å²) in [6.45, 7) is 9.44. The van der Waals surface area contributed by atoms with Crippen molar-refractivity contribution in [2.75, 3.05) is 6.61 Å². The lowest BCUT2D eigenvalue weighted by atomic mass is 9.90. The van der Waals surface area contributed by atoms with Gasteiger partial charge in [0.05, 0.1) is 6.61 Å². The van der Waals surface area contributed by atoms with Crippen LogP contribution in [-0.4, -0.2) is 63.2 Å². The maximum atomic E-state index is 13.4. The van der Waals surface area contributed by atoms with Crippen LogP contribution < -0.4 is 10.6 Å². The number of carbonyl (C=O) groups excluding carboxylic acids is 4. The number of nitrogens with zero attached hydrogens (tertiary/aromatic N) is 1. The Labute approximate surface area is 228 Å². The number of β-lactam (4-membered cyclic amide) rings is 1. The predicted octanol–water partition coefficient (Wildman–Crippen LogP) is 3.92. The number of thioether (sulfide) groups is 1. The first kappa shape index (κ1) is 28.3. The van der Waals surface area contributed by atoms with E-state index in [4.69, 9.17) is 9.47 Å². The minimum atomic E-state index is -1.05. The molecule has 4 rings (SSSR count). The molecule has 2 aliphatic heterocycles. The summed E-state index contributed by atoms with van der Waals surface area (Å²) in [5, 5.41) is 5.05. The van der Waals surface area contributed by atoms with Crippen molar-refractivity contribution in [1.29, 1.82) is 0 Å². The smallest absolute Gasteiger partial charge is 0.408 e. The first-order valence-electron chi connectivity index (χ1n) is 13.4. The van der Waals surface area contributed by atoms with Gasteiger partial charge in [-0.2, -0.15) is 0 Å². The van der Waals surface area contributed by atoms with Gasteiger partial charge >= 0.3 is 12.1 Å². The van der Waals surface area contributed by atoms with Gasteiger partial charge < -0.3 is 25.0 Å². The fourth-order valence-corrected chi connectivity index (χ4v) is 6.99. The Balaban J connectivity index is 1.42. The van der Waals surface area contributed by atoms with Gasteiger partial charge in [0, 0.05) is 4.75 Å². The van der Waals surface area contributed by atoms with Crippen LogP contribution in [0.4, 0.5) is 4.79 Å². The summed E-state index contributed by atoms with van der Waals surface area (Å²) >= 11 is 1.48. The van der Waals surface area contributed by atoms with E-state index in [1.807, 2.05) is 19.9 Å². The lowest BCUT2D eigenvalue weighted by molar-refractivity contribution is -0.165. The van der Waals surface area contributed by atoms with E-state index >= 15 is 0 Å². The SMILES string of the molecule is CC(C)(C)OC(=O)N[C@@H](C(=O)N[C@@H]1C(=O)N2C1SC(C)(C)[C@@H]2C(=O)OCC1CCCCC1)c1ccccc1. The molecule has 38 heavy (non-hydrogen) atoms. The van der Waals surface area contributed by atoms with Gasteiger partial charge in [-0.05, 0) is 58.9 Å². The molecule has 9 nitrogen and oxygen atoms in total. The summed E-state index contributed by atoms with van der Waals surface area (Å²) in [6, 6.07) is 6.21. The fraction of sp³-hybridized carbons (Fsp3) is 0.643. The molecule has 0 spiro atoms. The van der Waals surface area contributed by atoms with Crippen LogP contribution in [0.25, 0.3) is 0 Å². The van der Waals surface area contributed by atoms with Crippen molar-refractivity contribution in [3.63, 3.8) is 0 Å². The second kappa shape index (κ2) is 11.2. The quantitative estimate of drug-likeness (QED) is 0.394. The molecule has 0 bridgehead atoms. The van der Waals surface area contributed by atoms with Crippen LogP contribution in [0.5, 0.6) is 0 Å². The molecule has 4 atom stereocenters. The Morgan fingerprint density at radius 2 is 1.76 bits per heavy atom. The molecular formula is C28H39N3O6S. The standard InChI is InChI=1S/C28H39N3O6S/c1-27(2,3)37-26(35)30-19(18-14-10-7-11-15-18)22(32)29-20-23(33)31-21(28(4,5)38-24(20)31)25(34)36-16-17-12-8-6-9-13-17/h7,10-11,14-15,17,19-21,24H,6,8-9,12-13,16H2,1-5H3,(H,29,32)(H,30,35)/t19-,20-,21+,24?/m1/s1. The molecule has 1 aromatic rings. The van der Waals surface area contributed by atoms with Gasteiger partial charge in [0.1, 0.15) is 29.1 Å². The molecule has 1 aliphatic carbocycles. The Kier molecular flexibility index (Phi) is 8.30. The van der Waals surface area contributed by atoms with E-state index in [0.717, 1.165) is 25.7 Å². The average Bonchev–Trinajstić information content (AvgIpc) is 3.12. The Bertz CT molecular complexity index is 1050. The number of esters is 1. The summed E-state index contributed by atoms with van der Waals surface area (Å²) in [5.41, 5.74) is -0.179. The van der Waals surface area contributed by atoms with E-state index in [1.165, 1.54) is 23.1 Å². The zero-order valence-corrected chi connectivity index (χ0v) is 23.6. The van der Waals surface area contributed by atoms with Crippen LogP contribution in [0.15, 0.2) is 30.3 Å². The number of hydrogen-bond acceptors (Lipinski definition) is 7. The molecule has 3 fully saturated rings. The van der Waals surface area contributed by atoms with Crippen LogP contribution in [0, 0.1) is 5.92 Å². The highest BCUT2D eigenvalue weighted by atomic mass is 32.2. The summed E-state index contributed by atoms with van der Waals surface area (Å²) in [7, 11) is 0. The third kappa shape index (κ3) is 6.27. The van der Waals surface area contributed by atoms with E-state index in [9.17, 15) is 19.2 Å². The number of carbonyl (C=O) groups is 4. The minimum Gasteiger partial charge on any atom is -0.464 e. The largest absolute Gasteiger partial charge is 0.464 e. The van der Waals surface area contributed by atoms with Crippen molar-refractivity contribution in [1.82, 2.24) is 15.5 Å². The number of alkyl carbamates (subject to hydrolysis) is 1. The molecule has 3 aliphatic rings. The highest BCUT2D eigenvalue weighted by Gasteiger charge is 2.64. The molecule has 1 unspecified atom stereocenters. The molecule has 0 radical (unpaired) electrons. The Morgan fingerprint density at radius 3 is 2.39 bits per heavy atom. The normalized spacial score (nSPS) is 25.6. The topological polar surface area (TPSA) is 114 Å². The van der Waals surface area contributed by atoms with E-state index in [2.05, 4.69) is 10.6 Å². The van der Waals surface area contributed by atoms with Crippen molar-refractivity contribution in [2.45, 2.75) is 101 Å². The molecule has 2 saturated heterocycles. The lowest BCUT2D eigenvalue weighted by Gasteiger charge is -2.44. The molecule has 1 aromatic carbocycles. The van der Waals surface area contributed by atoms with Gasteiger partial charge in [0.15, 0.2) is 0 Å². The number of rotatable bonds is 7. The number of nitrogens with one attached hydrogen (secondary N) is 2. The zero-order chi connectivity index (χ0) is 27.7. The van der Waals surface area contributed by atoms with Crippen LogP contribution in [0.1, 0.15) is 78.3 Å². The second-order valence-electron chi connectivity index (χ2n) is 11.9. The minimum absolute atomic E-state index is 0.329. The Morgan fingerprint density at radius 1 is 1.11 bits per heavy atom. The highest BCUT2D eigenvalue weighted by Crippen LogP contribution is 2.51. The molecular weight excluding hydrogens is 506 g/mol. The van der Waals surface area contributed by atoms with Crippen LogP contribution in [0.3, 0.4) is 0 Å². The predicted molar refractivity (Wildman–Crippen MR) is 144 cm³/mol. The molecule has 10 heteroatoms. The summed E-state index contributed by atoms with van der Waals surface area (Å²) in [6.07, 6.45) is 4.94. The van der Waals surface area contributed by atoms with Crippen molar-refractivity contribution in [3.8, 4) is 0 Å². The second-order valence-corrected chi connectivity index (χ2v) is 13.6. The van der Waals surface area contributed by atoms with Gasteiger partial charge in [0.2, 0.25) is 11.8 Å². The number of hydrogen-bond donors (Lipinski definition) is 2. The average molecular weight is 546 g/mol. The monoisotopic (exact) mass is 545 g/mol. The van der Waals surface area contributed by atoms with Gasteiger partial charge in [-0.3, -0.25) is 9.59 Å². The first-order chi connectivity index (χ1) is 17.9. The molecule has 0 aromatic heterocycles. The summed E-state index contributed by atoms with van der Waals surface area (Å²) < 4.78 is 10.5. The zero-order valence-electron chi connectivity index (χ0n) is 22.8. The van der Waals surface area contributed by atoms with Crippen molar-refractivity contribution >= 4 is 35.6 Å². The summed E-state index contributed by atoms with van der Waals surface area (Å²) in [4.78, 5) is 53.8. The fourth-order valence-electron chi connectivity index (χ4n) is 5.37. The Hall–Kier alpha value is -2.75. The van der Waals surface area contributed by atoms with Crippen LogP contribution in [0.2, 0.25) is 0 Å². The number of benzene rings is 1. The number of fused-ring (bicyclic) bond motifs is 1. The third-order valence-corrected chi connectivity index (χ3v) is 8.78. The third-order valence-electron chi connectivity index (χ3n) is 7.20. The summed E-state index contributed by atoms with van der Waals surface area (Å²) in [5.74, 6) is -0.860.